The van der Waals surface area contributed by atoms with Crippen molar-refractivity contribution in [2.75, 3.05) is 0 Å². The molecule has 1 atom stereocenters. The molecule has 1 unspecified atom stereocenters. The quantitative estimate of drug-likeness (QED) is 0.724. The van der Waals surface area contributed by atoms with Crippen LogP contribution in [0.4, 0.5) is 0 Å². The fourth-order valence-electron chi connectivity index (χ4n) is 3.68. The summed E-state index contributed by atoms with van der Waals surface area (Å²) in [5, 5.41) is 11.6. The molecular weight excluding hydrogens is 336 g/mol. The van der Waals surface area contributed by atoms with Crippen LogP contribution in [0.1, 0.15) is 51.5 Å². The third-order valence-electron chi connectivity index (χ3n) is 4.55. The summed E-state index contributed by atoms with van der Waals surface area (Å²) in [5.41, 5.74) is 1.15. The molecule has 0 aromatic heterocycles. The molecule has 1 saturated carbocycles. The van der Waals surface area contributed by atoms with Crippen LogP contribution < -0.4 is 0 Å². The normalized spacial score (nSPS) is 19.5. The van der Waals surface area contributed by atoms with Crippen LogP contribution in [-0.4, -0.2) is 11.2 Å². The molecular formula is C17H24BrClO. The van der Waals surface area contributed by atoms with Gasteiger partial charge in [-0.05, 0) is 48.3 Å². The van der Waals surface area contributed by atoms with Gasteiger partial charge < -0.3 is 5.11 Å². The van der Waals surface area contributed by atoms with Crippen molar-refractivity contribution in [3.8, 4) is 0 Å². The molecule has 112 valence electrons. The van der Waals surface area contributed by atoms with Gasteiger partial charge in [-0.15, -0.1) is 0 Å². The largest absolute Gasteiger partial charge is 0.392 e. The summed E-state index contributed by atoms with van der Waals surface area (Å²) in [6.45, 7) is 4.50. The number of rotatable bonds is 5. The van der Waals surface area contributed by atoms with E-state index in [4.69, 9.17) is 11.6 Å². The van der Waals surface area contributed by atoms with E-state index in [1.807, 2.05) is 18.2 Å². The minimum Gasteiger partial charge on any atom is -0.392 e. The van der Waals surface area contributed by atoms with Gasteiger partial charge in [0, 0.05) is 15.9 Å². The fraction of sp³-hybridized carbons (Fsp3) is 0.647. The van der Waals surface area contributed by atoms with Gasteiger partial charge in [0.25, 0.3) is 0 Å². The summed E-state index contributed by atoms with van der Waals surface area (Å²) in [6.07, 6.45) is 6.30. The van der Waals surface area contributed by atoms with Gasteiger partial charge in [0.1, 0.15) is 0 Å². The van der Waals surface area contributed by atoms with Crippen molar-refractivity contribution in [2.45, 2.75) is 58.5 Å². The van der Waals surface area contributed by atoms with Gasteiger partial charge in [-0.2, -0.15) is 0 Å². The molecule has 2 rings (SSSR count). The van der Waals surface area contributed by atoms with Gasteiger partial charge in [-0.3, -0.25) is 0 Å². The minimum atomic E-state index is -0.286. The van der Waals surface area contributed by atoms with Gasteiger partial charge in [0.05, 0.1) is 6.10 Å². The Morgan fingerprint density at radius 3 is 2.50 bits per heavy atom. The number of halogens is 2. The van der Waals surface area contributed by atoms with Gasteiger partial charge in [-0.1, -0.05) is 60.3 Å². The second kappa shape index (κ2) is 6.81. The van der Waals surface area contributed by atoms with E-state index in [0.717, 1.165) is 34.3 Å². The zero-order valence-corrected chi connectivity index (χ0v) is 14.7. The van der Waals surface area contributed by atoms with Crippen molar-refractivity contribution in [3.63, 3.8) is 0 Å². The Labute approximate surface area is 135 Å². The van der Waals surface area contributed by atoms with Crippen molar-refractivity contribution in [2.24, 2.45) is 11.3 Å². The highest BCUT2D eigenvalue weighted by Gasteiger charge is 2.40. The van der Waals surface area contributed by atoms with Gasteiger partial charge in [0.2, 0.25) is 0 Å². The maximum Gasteiger partial charge on any atom is 0.0637 e. The smallest absolute Gasteiger partial charge is 0.0637 e. The van der Waals surface area contributed by atoms with E-state index in [2.05, 4.69) is 29.8 Å². The molecule has 0 amide bonds. The molecule has 0 saturated heterocycles. The fourth-order valence-corrected chi connectivity index (χ4v) is 4.43. The highest BCUT2D eigenvalue weighted by Crippen LogP contribution is 2.47. The van der Waals surface area contributed by atoms with Crippen LogP contribution in [0.25, 0.3) is 0 Å². The van der Waals surface area contributed by atoms with Crippen LogP contribution in [0.3, 0.4) is 0 Å². The van der Waals surface area contributed by atoms with Crippen LogP contribution in [0.5, 0.6) is 0 Å². The molecule has 3 heteroatoms. The lowest BCUT2D eigenvalue weighted by molar-refractivity contribution is 0.0134. The summed E-state index contributed by atoms with van der Waals surface area (Å²) in [7, 11) is 0. The first-order chi connectivity index (χ1) is 9.43. The Bertz CT molecular complexity index is 452. The molecule has 1 N–H and O–H groups in total. The lowest BCUT2D eigenvalue weighted by atomic mass is 9.72. The molecule has 0 heterocycles. The van der Waals surface area contributed by atoms with E-state index in [0.29, 0.717) is 12.3 Å². The SMILES string of the molecule is CC(C)CC1(C(O)Cc2ccc(Br)cc2Cl)CCCC1. The molecule has 1 nitrogen and oxygen atoms in total. The second-order valence-electron chi connectivity index (χ2n) is 6.62. The highest BCUT2D eigenvalue weighted by molar-refractivity contribution is 9.10. The topological polar surface area (TPSA) is 20.2 Å². The Balaban J connectivity index is 2.14. The summed E-state index contributed by atoms with van der Waals surface area (Å²) < 4.78 is 0.985. The van der Waals surface area contributed by atoms with Crippen molar-refractivity contribution >= 4 is 27.5 Å². The Morgan fingerprint density at radius 1 is 1.30 bits per heavy atom. The third kappa shape index (κ3) is 3.78. The second-order valence-corrected chi connectivity index (χ2v) is 7.95. The molecule has 0 radical (unpaired) electrons. The molecule has 1 fully saturated rings. The number of hydrogen-bond acceptors (Lipinski definition) is 1. The first-order valence-electron chi connectivity index (χ1n) is 7.55. The molecule has 1 aliphatic carbocycles. The van der Waals surface area contributed by atoms with Gasteiger partial charge in [0.15, 0.2) is 0 Å². The first-order valence-corrected chi connectivity index (χ1v) is 8.72. The predicted molar refractivity (Wildman–Crippen MR) is 89.2 cm³/mol. The minimum absolute atomic E-state index is 0.102. The van der Waals surface area contributed by atoms with Crippen molar-refractivity contribution < 1.29 is 5.11 Å². The predicted octanol–water partition coefficient (Wildman–Crippen LogP) is 5.61. The Morgan fingerprint density at radius 2 is 1.95 bits per heavy atom. The molecule has 0 bridgehead atoms. The van der Waals surface area contributed by atoms with E-state index in [1.54, 1.807) is 0 Å². The third-order valence-corrected chi connectivity index (χ3v) is 5.39. The van der Waals surface area contributed by atoms with E-state index in [9.17, 15) is 5.11 Å². The van der Waals surface area contributed by atoms with Crippen molar-refractivity contribution in [1.82, 2.24) is 0 Å². The molecule has 20 heavy (non-hydrogen) atoms. The van der Waals surface area contributed by atoms with Crippen LogP contribution in [0, 0.1) is 11.3 Å². The molecule has 0 aliphatic heterocycles. The lowest BCUT2D eigenvalue weighted by Crippen LogP contribution is -2.35. The molecule has 1 aromatic carbocycles. The van der Waals surface area contributed by atoms with Crippen LogP contribution in [0.2, 0.25) is 5.02 Å². The summed E-state index contributed by atoms with van der Waals surface area (Å²) in [4.78, 5) is 0. The van der Waals surface area contributed by atoms with Gasteiger partial charge >= 0.3 is 0 Å². The number of hydrogen-bond donors (Lipinski definition) is 1. The van der Waals surface area contributed by atoms with E-state index < -0.39 is 0 Å². The Hall–Kier alpha value is -0.0500. The van der Waals surface area contributed by atoms with Crippen molar-refractivity contribution in [3.05, 3.63) is 33.3 Å². The van der Waals surface area contributed by atoms with Crippen LogP contribution in [-0.2, 0) is 6.42 Å². The van der Waals surface area contributed by atoms with Gasteiger partial charge in [-0.25, -0.2) is 0 Å². The zero-order valence-electron chi connectivity index (χ0n) is 12.3. The summed E-state index contributed by atoms with van der Waals surface area (Å²) >= 11 is 9.72. The number of benzene rings is 1. The summed E-state index contributed by atoms with van der Waals surface area (Å²) in [5.74, 6) is 0.628. The van der Waals surface area contributed by atoms with Crippen LogP contribution in [0.15, 0.2) is 22.7 Å². The molecule has 1 aromatic rings. The maximum atomic E-state index is 10.8. The Kier molecular flexibility index (Phi) is 5.56. The highest BCUT2D eigenvalue weighted by atomic mass is 79.9. The standard InChI is InChI=1S/C17H24BrClO/c1-12(2)11-17(7-3-4-8-17)16(20)9-13-5-6-14(18)10-15(13)19/h5-6,10,12,16,20H,3-4,7-9,11H2,1-2H3. The monoisotopic (exact) mass is 358 g/mol. The van der Waals surface area contributed by atoms with Crippen molar-refractivity contribution in [1.29, 1.82) is 0 Å². The van der Waals surface area contributed by atoms with E-state index >= 15 is 0 Å². The van der Waals surface area contributed by atoms with Crippen LogP contribution >= 0.6 is 27.5 Å². The number of aliphatic hydroxyl groups is 1. The lowest BCUT2D eigenvalue weighted by Gasteiger charge is -2.36. The number of aliphatic hydroxyl groups excluding tert-OH is 1. The molecule has 1 aliphatic rings. The summed E-state index contributed by atoms with van der Waals surface area (Å²) in [6, 6.07) is 5.93. The first kappa shape index (κ1) is 16.3. The molecule has 0 spiro atoms. The average Bonchev–Trinajstić information content (AvgIpc) is 2.81. The van der Waals surface area contributed by atoms with E-state index in [1.165, 1.54) is 12.8 Å². The van der Waals surface area contributed by atoms with E-state index in [-0.39, 0.29) is 11.5 Å². The average molecular weight is 360 g/mol. The maximum absolute atomic E-state index is 10.8. The zero-order chi connectivity index (χ0) is 14.8.